The highest BCUT2D eigenvalue weighted by Gasteiger charge is 2.45. The summed E-state index contributed by atoms with van der Waals surface area (Å²) >= 11 is 0. The van der Waals surface area contributed by atoms with E-state index in [1.165, 1.54) is 11.0 Å². The fraction of sp³-hybridized carbons (Fsp3) is 0.513. The van der Waals surface area contributed by atoms with Crippen molar-refractivity contribution in [3.8, 4) is 0 Å². The van der Waals surface area contributed by atoms with Crippen LogP contribution in [0.1, 0.15) is 75.3 Å². The second-order valence-electron chi connectivity index (χ2n) is 15.6. The van der Waals surface area contributed by atoms with Crippen molar-refractivity contribution in [2.45, 2.75) is 95.5 Å². The molecule has 1 aliphatic heterocycles. The molecule has 2 heterocycles. The molecule has 14 nitrogen and oxygen atoms in total. The van der Waals surface area contributed by atoms with Gasteiger partial charge in [0.2, 0.25) is 17.7 Å². The maximum atomic E-state index is 14.3. The first-order valence-electron chi connectivity index (χ1n) is 18.5. The summed E-state index contributed by atoms with van der Waals surface area (Å²) in [6.07, 6.45) is 2.84. The molecule has 6 atom stereocenters. The Hall–Kier alpha value is -4.44. The van der Waals surface area contributed by atoms with Crippen LogP contribution in [0, 0.1) is 11.8 Å². The van der Waals surface area contributed by atoms with Crippen LogP contribution in [0.2, 0.25) is 0 Å². The molecule has 5 rings (SSSR count). The third kappa shape index (κ3) is 10.8. The van der Waals surface area contributed by atoms with Crippen molar-refractivity contribution in [2.24, 2.45) is 17.6 Å². The zero-order valence-corrected chi connectivity index (χ0v) is 31.9. The molecule has 54 heavy (non-hydrogen) atoms. The molecule has 1 saturated carbocycles. The third-order valence-electron chi connectivity index (χ3n) is 10.5. The van der Waals surface area contributed by atoms with Crippen molar-refractivity contribution in [1.29, 1.82) is 0 Å². The number of benzene rings is 2. The van der Waals surface area contributed by atoms with Gasteiger partial charge in [-0.25, -0.2) is 4.98 Å². The lowest BCUT2D eigenvalue weighted by Crippen LogP contribution is -2.62. The lowest BCUT2D eigenvalue weighted by atomic mass is 9.72. The molecule has 1 aliphatic carbocycles. The summed E-state index contributed by atoms with van der Waals surface area (Å²) in [5, 5.41) is 18.2. The zero-order valence-electron chi connectivity index (χ0n) is 31.1. The summed E-state index contributed by atoms with van der Waals surface area (Å²) in [5.74, 6) is -3.09. The largest absolute Gasteiger partial charge is 0.390 e. The Bertz CT molecular complexity index is 1920. The average Bonchev–Trinajstić information content (AvgIpc) is 3.12. The van der Waals surface area contributed by atoms with Gasteiger partial charge in [0, 0.05) is 24.0 Å². The summed E-state index contributed by atoms with van der Waals surface area (Å²) in [7, 11) is -4.55. The topological polar surface area (TPSA) is 212 Å². The summed E-state index contributed by atoms with van der Waals surface area (Å²) in [6.45, 7) is 5.53. The van der Waals surface area contributed by atoms with Gasteiger partial charge in [-0.05, 0) is 69.6 Å². The number of aliphatic hydroxyl groups excluding tert-OH is 1. The van der Waals surface area contributed by atoms with Crippen molar-refractivity contribution in [1.82, 2.24) is 25.4 Å². The molecular weight excluding hydrogens is 713 g/mol. The second kappa shape index (κ2) is 17.4. The van der Waals surface area contributed by atoms with Crippen molar-refractivity contribution in [3.05, 3.63) is 78.0 Å². The van der Waals surface area contributed by atoms with Gasteiger partial charge < -0.3 is 26.4 Å². The van der Waals surface area contributed by atoms with Crippen LogP contribution in [0.3, 0.4) is 0 Å². The van der Waals surface area contributed by atoms with Crippen LogP contribution in [0.15, 0.2) is 66.7 Å². The molecule has 15 heteroatoms. The van der Waals surface area contributed by atoms with Crippen molar-refractivity contribution < 1.29 is 37.3 Å². The number of likely N-dealkylation sites (tertiary alicyclic amines) is 1. The molecule has 292 valence electrons. The molecule has 1 saturated heterocycles. The average molecular weight is 765 g/mol. The Morgan fingerprint density at radius 1 is 0.963 bits per heavy atom. The number of carbonyl (C=O) groups excluding carboxylic acids is 4. The molecule has 2 aromatic carbocycles. The predicted molar refractivity (Wildman–Crippen MR) is 203 cm³/mol. The molecule has 1 aromatic heterocycles. The maximum absolute atomic E-state index is 14.3. The Labute approximate surface area is 316 Å². The number of pyridine rings is 1. The first kappa shape index (κ1) is 40.7. The number of nitrogens with one attached hydrogen (secondary N) is 2. The summed E-state index contributed by atoms with van der Waals surface area (Å²) < 4.78 is 33.9. The fourth-order valence-corrected chi connectivity index (χ4v) is 8.57. The number of β-amino-alcohol motifs (C(OH)–C–C–N with tert-alkyl or cyclic N) is 1. The van der Waals surface area contributed by atoms with E-state index in [1.54, 1.807) is 39.0 Å². The number of amides is 4. The zero-order chi connectivity index (χ0) is 39.2. The summed E-state index contributed by atoms with van der Waals surface area (Å²) in [4.78, 5) is 61.1. The van der Waals surface area contributed by atoms with E-state index in [-0.39, 0.29) is 30.5 Å². The third-order valence-corrected chi connectivity index (χ3v) is 11.1. The highest BCUT2D eigenvalue weighted by atomic mass is 32.2. The fourth-order valence-electron chi connectivity index (χ4n) is 7.73. The van der Waals surface area contributed by atoms with Crippen molar-refractivity contribution >= 4 is 44.6 Å². The van der Waals surface area contributed by atoms with E-state index in [0.29, 0.717) is 18.5 Å². The first-order valence-corrected chi connectivity index (χ1v) is 20.1. The molecule has 6 N–H and O–H groups in total. The SMILES string of the molecule is CC(C)(C)N(CS(=O)(=O)O)C(=O)[C@@H]1C[C@@H]2CCCC[C@@H]2CN1C[C@@H](O)[C@H](Cc1ccccc1)NC(=O)[C@H](CC(N)=O)NC(=O)c1ccc2ccccc2n1. The predicted octanol–water partition coefficient (Wildman–Crippen LogP) is 2.65. The standard InChI is InChI=1S/C39H52N6O8S/c1-39(2,3)45(24-54(51,52)53)38(50)33-20-27-14-7-8-15-28(27)22-44(33)23-34(46)31(19-25-11-5-4-6-12-25)42-37(49)32(21-35(40)47)43-36(48)30-18-17-26-13-9-10-16-29(26)41-30/h4-6,9-13,16-18,27-28,31-34,46H,7-8,14-15,19-24H2,1-3H3,(H2,40,47)(H,42,49)(H,43,48)(H,51,52,53)/t27-,28+,31-,32-,33-,34+/m0/s1. The van der Waals surface area contributed by atoms with Gasteiger partial charge in [-0.3, -0.25) is 28.6 Å². The van der Waals surface area contributed by atoms with E-state index >= 15 is 0 Å². The molecular formula is C39H52N6O8S. The monoisotopic (exact) mass is 764 g/mol. The number of carbonyl (C=O) groups is 4. The van der Waals surface area contributed by atoms with Gasteiger partial charge in [0.05, 0.1) is 30.1 Å². The highest BCUT2D eigenvalue weighted by molar-refractivity contribution is 7.85. The van der Waals surface area contributed by atoms with E-state index in [9.17, 15) is 37.3 Å². The molecule has 0 unspecified atom stereocenters. The number of aromatic nitrogens is 1. The van der Waals surface area contributed by atoms with Gasteiger partial charge in [-0.15, -0.1) is 0 Å². The molecule has 2 aliphatic rings. The van der Waals surface area contributed by atoms with Gasteiger partial charge >= 0.3 is 0 Å². The first-order chi connectivity index (χ1) is 25.5. The van der Waals surface area contributed by atoms with Crippen LogP contribution in [-0.2, 0) is 30.9 Å². The number of aliphatic hydroxyl groups is 1. The van der Waals surface area contributed by atoms with Crippen LogP contribution < -0.4 is 16.4 Å². The van der Waals surface area contributed by atoms with E-state index in [2.05, 4.69) is 15.6 Å². The molecule has 0 bridgehead atoms. The van der Waals surface area contributed by atoms with Crippen LogP contribution in [0.25, 0.3) is 10.9 Å². The van der Waals surface area contributed by atoms with E-state index < -0.39 is 75.8 Å². The minimum absolute atomic E-state index is 0.0389. The minimum atomic E-state index is -4.55. The van der Waals surface area contributed by atoms with Crippen LogP contribution in [-0.4, -0.2) is 105 Å². The molecule has 0 spiro atoms. The van der Waals surface area contributed by atoms with Crippen LogP contribution in [0.5, 0.6) is 0 Å². The number of piperidine rings is 1. The Kier molecular flexibility index (Phi) is 13.1. The lowest BCUT2D eigenvalue weighted by Gasteiger charge is -2.48. The normalized spacial score (nSPS) is 20.9. The number of primary amides is 1. The number of nitrogens with two attached hydrogens (primary N) is 1. The van der Waals surface area contributed by atoms with Gasteiger partial charge in [-0.2, -0.15) is 8.42 Å². The van der Waals surface area contributed by atoms with Gasteiger partial charge in [0.1, 0.15) is 17.6 Å². The molecule has 2 fully saturated rings. The Morgan fingerprint density at radius 2 is 1.63 bits per heavy atom. The van der Waals surface area contributed by atoms with E-state index in [4.69, 9.17) is 5.73 Å². The minimum Gasteiger partial charge on any atom is -0.390 e. The van der Waals surface area contributed by atoms with Crippen molar-refractivity contribution in [2.75, 3.05) is 19.0 Å². The molecule has 3 aromatic rings. The number of hydrogen-bond acceptors (Lipinski definition) is 9. The quantitative estimate of drug-likeness (QED) is 0.152. The highest BCUT2D eigenvalue weighted by Crippen LogP contribution is 2.39. The number of hydrogen-bond donors (Lipinski definition) is 5. The Morgan fingerprint density at radius 3 is 2.30 bits per heavy atom. The van der Waals surface area contributed by atoms with E-state index in [0.717, 1.165) is 36.6 Å². The second-order valence-corrected chi connectivity index (χ2v) is 17.0. The summed E-state index contributed by atoms with van der Waals surface area (Å²) in [5.41, 5.74) is 5.99. The number of para-hydroxylation sites is 1. The van der Waals surface area contributed by atoms with Gasteiger partial charge in [-0.1, -0.05) is 73.9 Å². The van der Waals surface area contributed by atoms with Crippen LogP contribution in [0.4, 0.5) is 0 Å². The number of fused-ring (bicyclic) bond motifs is 2. The Balaban J connectivity index is 1.40. The number of nitrogens with zero attached hydrogens (tertiary/aromatic N) is 3. The van der Waals surface area contributed by atoms with E-state index in [1.807, 2.05) is 47.4 Å². The van der Waals surface area contributed by atoms with Gasteiger partial charge in [0.25, 0.3) is 16.0 Å². The number of rotatable bonds is 14. The maximum Gasteiger partial charge on any atom is 0.283 e. The van der Waals surface area contributed by atoms with Gasteiger partial charge in [0.15, 0.2) is 0 Å². The lowest BCUT2D eigenvalue weighted by molar-refractivity contribution is -0.145. The van der Waals surface area contributed by atoms with Crippen molar-refractivity contribution in [3.63, 3.8) is 0 Å². The molecule has 4 amide bonds. The smallest absolute Gasteiger partial charge is 0.283 e. The summed E-state index contributed by atoms with van der Waals surface area (Å²) in [6, 6.07) is 16.5. The molecule has 0 radical (unpaired) electrons. The van der Waals surface area contributed by atoms with Crippen LogP contribution >= 0.6 is 0 Å².